The number of methoxy groups -OCH3 is 1. The third-order valence-electron chi connectivity index (χ3n) is 2.98. The van der Waals surface area contributed by atoms with Gasteiger partial charge >= 0.3 is 0 Å². The Kier molecular flexibility index (Phi) is 4.39. The summed E-state index contributed by atoms with van der Waals surface area (Å²) in [5, 5.41) is 3.02. The van der Waals surface area contributed by atoms with Crippen LogP contribution in [0.1, 0.15) is 22.6 Å². The highest BCUT2D eigenvalue weighted by molar-refractivity contribution is 5.61. The minimum absolute atomic E-state index is 0.0413. The molecule has 0 aliphatic heterocycles. The lowest BCUT2D eigenvalue weighted by Gasteiger charge is -2.15. The van der Waals surface area contributed by atoms with E-state index in [1.807, 2.05) is 0 Å². The van der Waals surface area contributed by atoms with Crippen molar-refractivity contribution in [3.63, 3.8) is 0 Å². The van der Waals surface area contributed by atoms with Crippen molar-refractivity contribution in [1.29, 1.82) is 0 Å². The maximum absolute atomic E-state index is 12.3. The van der Waals surface area contributed by atoms with Crippen molar-refractivity contribution in [2.45, 2.75) is 19.4 Å². The average Bonchev–Trinajstić information content (AvgIpc) is 2.53. The number of nitrogens with two attached hydrogens (primary N) is 1. The predicted molar refractivity (Wildman–Crippen MR) is 84.6 cm³/mol. The van der Waals surface area contributed by atoms with Crippen LogP contribution >= 0.6 is 0 Å². The van der Waals surface area contributed by atoms with Crippen LogP contribution in [0, 0.1) is 0 Å². The first-order chi connectivity index (χ1) is 12.1. The van der Waals surface area contributed by atoms with Gasteiger partial charge in [-0.05, 0) is 37.3 Å². The standard InChI is InChI=1S/C16H19F2N3O2/c1-10(19)13-7-8-15(23-9-14(17)18)21-16(13)20-11-3-5-12(22-2)6-4-11/h3-8,10,14H,9,19H2,1-2H3,(H,20,21)/i2D3. The molecule has 1 aromatic heterocycles. The first kappa shape index (κ1) is 13.1. The highest BCUT2D eigenvalue weighted by Gasteiger charge is 2.12. The molecule has 3 N–H and O–H groups in total. The lowest BCUT2D eigenvalue weighted by atomic mass is 10.1. The molecular formula is C16H19F2N3O2. The summed E-state index contributed by atoms with van der Waals surface area (Å²) in [6, 6.07) is 8.93. The number of nitrogens with one attached hydrogen (secondary N) is 1. The quantitative estimate of drug-likeness (QED) is 0.815. The first-order valence-corrected chi connectivity index (χ1v) is 6.87. The molecule has 1 heterocycles. The van der Waals surface area contributed by atoms with Crippen LogP contribution in [-0.4, -0.2) is 25.1 Å². The Balaban J connectivity index is 2.19. The summed E-state index contributed by atoms with van der Waals surface area (Å²) in [4.78, 5) is 4.18. The van der Waals surface area contributed by atoms with E-state index in [1.54, 1.807) is 25.1 Å². The van der Waals surface area contributed by atoms with Crippen LogP contribution in [0.4, 0.5) is 20.3 Å². The molecule has 0 saturated carbocycles. The fourth-order valence-corrected chi connectivity index (χ4v) is 1.89. The number of ether oxygens (including phenoxy) is 2. The molecule has 0 bridgehead atoms. The number of anilines is 2. The Bertz CT molecular complexity index is 726. The lowest BCUT2D eigenvalue weighted by molar-refractivity contribution is 0.0796. The molecule has 0 spiro atoms. The van der Waals surface area contributed by atoms with E-state index >= 15 is 0 Å². The molecule has 0 radical (unpaired) electrons. The van der Waals surface area contributed by atoms with E-state index < -0.39 is 20.1 Å². The van der Waals surface area contributed by atoms with E-state index in [-0.39, 0.29) is 17.7 Å². The van der Waals surface area contributed by atoms with E-state index in [0.717, 1.165) is 0 Å². The third-order valence-corrected chi connectivity index (χ3v) is 2.98. The van der Waals surface area contributed by atoms with Gasteiger partial charge in [0.25, 0.3) is 6.43 Å². The number of alkyl halides is 2. The number of aromatic nitrogens is 1. The largest absolute Gasteiger partial charge is 0.497 e. The predicted octanol–water partition coefficient (Wildman–Crippen LogP) is 3.50. The maximum atomic E-state index is 12.3. The van der Waals surface area contributed by atoms with Gasteiger partial charge in [-0.15, -0.1) is 0 Å². The van der Waals surface area contributed by atoms with Crippen LogP contribution in [0.25, 0.3) is 0 Å². The molecule has 0 aliphatic rings. The van der Waals surface area contributed by atoms with Crippen molar-refractivity contribution in [2.24, 2.45) is 5.73 Å². The second-order valence-corrected chi connectivity index (χ2v) is 4.83. The van der Waals surface area contributed by atoms with E-state index in [1.165, 1.54) is 18.2 Å². The van der Waals surface area contributed by atoms with E-state index in [2.05, 4.69) is 10.3 Å². The van der Waals surface area contributed by atoms with Gasteiger partial charge in [0.05, 0.1) is 11.2 Å². The van der Waals surface area contributed by atoms with Crippen molar-refractivity contribution in [1.82, 2.24) is 4.98 Å². The molecule has 7 heteroatoms. The van der Waals surface area contributed by atoms with Crippen molar-refractivity contribution in [3.05, 3.63) is 42.0 Å². The fourth-order valence-electron chi connectivity index (χ4n) is 1.89. The van der Waals surface area contributed by atoms with E-state index in [4.69, 9.17) is 19.3 Å². The molecule has 2 rings (SSSR count). The number of hydrogen-bond acceptors (Lipinski definition) is 5. The Morgan fingerprint density at radius 3 is 2.61 bits per heavy atom. The minimum Gasteiger partial charge on any atom is -0.497 e. The van der Waals surface area contributed by atoms with Crippen molar-refractivity contribution in [3.8, 4) is 11.6 Å². The third kappa shape index (κ3) is 4.79. The van der Waals surface area contributed by atoms with Crippen LogP contribution in [0.2, 0.25) is 0 Å². The first-order valence-electron chi connectivity index (χ1n) is 8.37. The monoisotopic (exact) mass is 326 g/mol. The van der Waals surface area contributed by atoms with Crippen molar-refractivity contribution >= 4 is 11.5 Å². The number of halogens is 2. The van der Waals surface area contributed by atoms with Crippen LogP contribution in [0.15, 0.2) is 36.4 Å². The van der Waals surface area contributed by atoms with Gasteiger partial charge in [-0.1, -0.05) is 0 Å². The highest BCUT2D eigenvalue weighted by atomic mass is 19.3. The second kappa shape index (κ2) is 7.73. The Hall–Kier alpha value is -2.41. The van der Waals surface area contributed by atoms with Gasteiger partial charge in [0.15, 0.2) is 6.61 Å². The van der Waals surface area contributed by atoms with Gasteiger partial charge in [0.2, 0.25) is 5.88 Å². The molecular weight excluding hydrogens is 304 g/mol. The molecule has 0 aliphatic carbocycles. The van der Waals surface area contributed by atoms with Crippen LogP contribution in [0.3, 0.4) is 0 Å². The molecule has 0 fully saturated rings. The van der Waals surface area contributed by atoms with Gasteiger partial charge in [0, 0.05) is 23.4 Å². The molecule has 124 valence electrons. The molecule has 5 nitrogen and oxygen atoms in total. The normalized spacial score (nSPS) is 14.6. The molecule has 2 aromatic rings. The summed E-state index contributed by atoms with van der Waals surface area (Å²) in [7, 11) is -2.53. The van der Waals surface area contributed by atoms with E-state index in [0.29, 0.717) is 17.1 Å². The van der Waals surface area contributed by atoms with Gasteiger partial charge in [0.1, 0.15) is 11.6 Å². The van der Waals surface area contributed by atoms with Gasteiger partial charge in [-0.2, -0.15) is 4.98 Å². The van der Waals surface area contributed by atoms with E-state index in [9.17, 15) is 8.78 Å². The SMILES string of the molecule is [2H]C([2H])([2H])Oc1ccc(Nc2nc(OCC(F)F)ccc2C(C)N)cc1. The number of benzene rings is 1. The zero-order chi connectivity index (χ0) is 19.3. The number of nitrogens with zero attached hydrogens (tertiary/aromatic N) is 1. The molecule has 1 atom stereocenters. The van der Waals surface area contributed by atoms with Crippen molar-refractivity contribution in [2.75, 3.05) is 19.0 Å². The molecule has 1 aromatic carbocycles. The van der Waals surface area contributed by atoms with Crippen molar-refractivity contribution < 1.29 is 22.4 Å². The summed E-state index contributed by atoms with van der Waals surface area (Å²) in [6.07, 6.45) is -2.60. The van der Waals surface area contributed by atoms with Crippen LogP contribution in [-0.2, 0) is 0 Å². The fraction of sp³-hybridized carbons (Fsp3) is 0.312. The maximum Gasteiger partial charge on any atom is 0.272 e. The number of rotatable bonds is 7. The Morgan fingerprint density at radius 1 is 1.26 bits per heavy atom. The summed E-state index contributed by atoms with van der Waals surface area (Å²) in [5.74, 6) is 0.584. The molecule has 23 heavy (non-hydrogen) atoms. The van der Waals surface area contributed by atoms with Gasteiger partial charge in [-0.3, -0.25) is 0 Å². The number of pyridine rings is 1. The Morgan fingerprint density at radius 2 is 2.00 bits per heavy atom. The zero-order valence-corrected chi connectivity index (χ0v) is 12.4. The molecule has 1 unspecified atom stereocenters. The average molecular weight is 326 g/mol. The van der Waals surface area contributed by atoms with Gasteiger partial charge in [-0.25, -0.2) is 8.78 Å². The summed E-state index contributed by atoms with van der Waals surface area (Å²) in [5.41, 5.74) is 7.16. The van der Waals surface area contributed by atoms with Crippen LogP contribution < -0.4 is 20.5 Å². The second-order valence-electron chi connectivity index (χ2n) is 4.83. The topological polar surface area (TPSA) is 69.4 Å². The summed E-state index contributed by atoms with van der Waals surface area (Å²) < 4.78 is 55.5. The molecule has 0 amide bonds. The lowest BCUT2D eigenvalue weighted by Crippen LogP contribution is -2.12. The van der Waals surface area contributed by atoms with Crippen LogP contribution in [0.5, 0.6) is 11.6 Å². The minimum atomic E-state index is -2.60. The smallest absolute Gasteiger partial charge is 0.272 e. The van der Waals surface area contributed by atoms with Gasteiger partial charge < -0.3 is 20.5 Å². The Labute approximate surface area is 137 Å². The summed E-state index contributed by atoms with van der Waals surface area (Å²) >= 11 is 0. The molecule has 0 saturated heterocycles. The number of hydrogen-bond donors (Lipinski definition) is 2. The summed E-state index contributed by atoms with van der Waals surface area (Å²) in [6.45, 7) is 1.00. The zero-order valence-electron chi connectivity index (χ0n) is 15.4. The highest BCUT2D eigenvalue weighted by Crippen LogP contribution is 2.27.